The molecule has 1 aromatic heterocycles. The molecular formula is C30H41N5O4. The van der Waals surface area contributed by atoms with Crippen molar-refractivity contribution in [3.8, 4) is 0 Å². The minimum atomic E-state index is -0.877. The lowest BCUT2D eigenvalue weighted by atomic mass is 9.89. The first-order valence-corrected chi connectivity index (χ1v) is 14.1. The van der Waals surface area contributed by atoms with E-state index < -0.39 is 11.7 Å². The Bertz CT molecular complexity index is 1200. The topological polar surface area (TPSA) is 89.5 Å². The van der Waals surface area contributed by atoms with E-state index in [0.717, 1.165) is 36.2 Å². The lowest BCUT2D eigenvalue weighted by Crippen LogP contribution is -2.52. The van der Waals surface area contributed by atoms with Crippen LogP contribution in [0.4, 0.5) is 15.3 Å². The van der Waals surface area contributed by atoms with Gasteiger partial charge in [0.2, 0.25) is 0 Å². The van der Waals surface area contributed by atoms with Crippen LogP contribution in [0.3, 0.4) is 0 Å². The minimum absolute atomic E-state index is 0.154. The number of nitrogens with zero attached hydrogens (tertiary/aromatic N) is 5. The number of carboxylic acid groups (broad SMARTS) is 1. The normalized spacial score (nSPS) is 21.4. The molecule has 9 heteroatoms. The molecule has 1 unspecified atom stereocenters. The zero-order valence-electron chi connectivity index (χ0n) is 23.6. The number of carbonyl (C=O) groups is 2. The standard InChI is InChI=1S/C30H41N5O4/c1-30(2,3)39-29(38)34-16-14-33(15-17-34)25-11-6-9-22-19-35(28(36)37)23(18-24(22)25)20-32(4)26-12-5-8-21-10-7-13-31-27(21)26/h6-7,9-11,13,23,26H,5,8,12,14-20H2,1-4H3,(H,36,37)/t23?,26-/m0/s1. The molecule has 1 aromatic carbocycles. The van der Waals surface area contributed by atoms with Crippen molar-refractivity contribution >= 4 is 17.9 Å². The number of carbonyl (C=O) groups excluding carboxylic acids is 1. The van der Waals surface area contributed by atoms with Gasteiger partial charge in [-0.2, -0.15) is 0 Å². The number of ether oxygens (including phenoxy) is 1. The second-order valence-electron chi connectivity index (χ2n) is 12.0. The predicted octanol–water partition coefficient (Wildman–Crippen LogP) is 4.55. The van der Waals surface area contributed by atoms with E-state index in [0.29, 0.717) is 45.7 Å². The van der Waals surface area contributed by atoms with Crippen LogP contribution in [0.2, 0.25) is 0 Å². The highest BCUT2D eigenvalue weighted by Gasteiger charge is 2.35. The molecule has 1 fully saturated rings. The maximum Gasteiger partial charge on any atom is 0.410 e. The molecule has 2 aliphatic heterocycles. The van der Waals surface area contributed by atoms with Gasteiger partial charge in [0.25, 0.3) is 0 Å². The fourth-order valence-corrected chi connectivity index (χ4v) is 6.28. The number of hydrogen-bond donors (Lipinski definition) is 1. The third kappa shape index (κ3) is 5.98. The monoisotopic (exact) mass is 535 g/mol. The summed E-state index contributed by atoms with van der Waals surface area (Å²) in [6.07, 6.45) is 4.58. The van der Waals surface area contributed by atoms with Gasteiger partial charge < -0.3 is 19.6 Å². The molecule has 0 spiro atoms. The van der Waals surface area contributed by atoms with Gasteiger partial charge in [-0.15, -0.1) is 0 Å². The summed E-state index contributed by atoms with van der Waals surface area (Å²) in [7, 11) is 2.10. The van der Waals surface area contributed by atoms with Crippen LogP contribution in [0, 0.1) is 0 Å². The highest BCUT2D eigenvalue weighted by molar-refractivity contribution is 5.70. The molecule has 2 amide bonds. The molecule has 0 radical (unpaired) electrons. The molecule has 9 nitrogen and oxygen atoms in total. The number of hydrogen-bond acceptors (Lipinski definition) is 6. The number of pyridine rings is 1. The smallest absolute Gasteiger partial charge is 0.410 e. The van der Waals surface area contributed by atoms with Crippen LogP contribution in [-0.2, 0) is 24.1 Å². The molecule has 5 rings (SSSR count). The maximum atomic E-state index is 12.6. The molecule has 2 atom stereocenters. The second-order valence-corrected chi connectivity index (χ2v) is 12.0. The predicted molar refractivity (Wildman–Crippen MR) is 150 cm³/mol. The van der Waals surface area contributed by atoms with Crippen molar-refractivity contribution in [3.05, 3.63) is 58.9 Å². The van der Waals surface area contributed by atoms with Gasteiger partial charge in [-0.05, 0) is 82.3 Å². The number of aromatic nitrogens is 1. The summed E-state index contributed by atoms with van der Waals surface area (Å²) in [5.74, 6) is 0. The Morgan fingerprint density at radius 2 is 1.85 bits per heavy atom. The summed E-state index contributed by atoms with van der Waals surface area (Å²) in [5.41, 5.74) is 5.36. The maximum absolute atomic E-state index is 12.6. The number of piperazine rings is 1. The molecule has 1 aliphatic carbocycles. The van der Waals surface area contributed by atoms with E-state index in [2.05, 4.69) is 29.0 Å². The van der Waals surface area contributed by atoms with Gasteiger partial charge in [-0.3, -0.25) is 14.8 Å². The van der Waals surface area contributed by atoms with Gasteiger partial charge in [-0.25, -0.2) is 9.59 Å². The number of benzene rings is 1. The van der Waals surface area contributed by atoms with Crippen molar-refractivity contribution in [3.63, 3.8) is 0 Å². The summed E-state index contributed by atoms with van der Waals surface area (Å²) in [5, 5.41) is 10.1. The molecule has 3 aliphatic rings. The summed E-state index contributed by atoms with van der Waals surface area (Å²) in [6, 6.07) is 10.4. The summed E-state index contributed by atoms with van der Waals surface area (Å²) >= 11 is 0. The summed E-state index contributed by atoms with van der Waals surface area (Å²) in [4.78, 5) is 37.6. The zero-order chi connectivity index (χ0) is 27.7. The van der Waals surface area contributed by atoms with E-state index in [9.17, 15) is 14.7 Å². The highest BCUT2D eigenvalue weighted by atomic mass is 16.6. The molecule has 1 saturated heterocycles. The van der Waals surface area contributed by atoms with Crippen LogP contribution < -0.4 is 4.90 Å². The Kier molecular flexibility index (Phi) is 7.71. The van der Waals surface area contributed by atoms with E-state index in [4.69, 9.17) is 9.72 Å². The second kappa shape index (κ2) is 11.0. The van der Waals surface area contributed by atoms with Crippen LogP contribution in [0.25, 0.3) is 0 Å². The van der Waals surface area contributed by atoms with Gasteiger partial charge in [-0.1, -0.05) is 18.2 Å². The van der Waals surface area contributed by atoms with Gasteiger partial charge in [0.15, 0.2) is 0 Å². The Hall–Kier alpha value is -3.33. The minimum Gasteiger partial charge on any atom is -0.465 e. The van der Waals surface area contributed by atoms with Crippen LogP contribution in [-0.4, -0.2) is 88.4 Å². The van der Waals surface area contributed by atoms with E-state index in [1.54, 1.807) is 9.80 Å². The van der Waals surface area contributed by atoms with Gasteiger partial charge in [0.1, 0.15) is 5.60 Å². The van der Waals surface area contributed by atoms with Crippen molar-refractivity contribution in [2.24, 2.45) is 0 Å². The number of likely N-dealkylation sites (N-methyl/N-ethyl adjacent to an activating group) is 1. The van der Waals surface area contributed by atoms with E-state index >= 15 is 0 Å². The van der Waals surface area contributed by atoms with Crippen LogP contribution in [0.1, 0.15) is 62.0 Å². The summed E-state index contributed by atoms with van der Waals surface area (Å²) < 4.78 is 5.56. The number of fused-ring (bicyclic) bond motifs is 2. The SMILES string of the molecule is CN(CC1Cc2c(cccc2N2CCN(C(=O)OC(C)(C)C)CC2)CN1C(=O)O)[C@H]1CCCc2cccnc21. The van der Waals surface area contributed by atoms with Crippen LogP contribution in [0.5, 0.6) is 0 Å². The van der Waals surface area contributed by atoms with Crippen molar-refractivity contribution in [1.82, 2.24) is 19.7 Å². The molecular weight excluding hydrogens is 494 g/mol. The van der Waals surface area contributed by atoms with Crippen molar-refractivity contribution in [2.45, 2.75) is 70.7 Å². The molecule has 210 valence electrons. The van der Waals surface area contributed by atoms with Crippen LogP contribution >= 0.6 is 0 Å². The van der Waals surface area contributed by atoms with E-state index in [1.807, 2.05) is 45.2 Å². The quantitative estimate of drug-likeness (QED) is 0.614. The highest BCUT2D eigenvalue weighted by Crippen LogP contribution is 2.35. The van der Waals surface area contributed by atoms with Crippen molar-refractivity contribution in [2.75, 3.05) is 44.7 Å². The third-order valence-corrected chi connectivity index (χ3v) is 8.18. The van der Waals surface area contributed by atoms with Crippen molar-refractivity contribution < 1.29 is 19.4 Å². The number of rotatable bonds is 4. The van der Waals surface area contributed by atoms with Gasteiger partial charge in [0, 0.05) is 51.2 Å². The molecule has 0 bridgehead atoms. The Labute approximate surface area is 231 Å². The first-order valence-electron chi connectivity index (χ1n) is 14.1. The first-order chi connectivity index (χ1) is 18.6. The third-order valence-electron chi connectivity index (χ3n) is 8.18. The van der Waals surface area contributed by atoms with Crippen molar-refractivity contribution in [1.29, 1.82) is 0 Å². The Morgan fingerprint density at radius 3 is 2.56 bits per heavy atom. The zero-order valence-corrected chi connectivity index (χ0v) is 23.6. The molecule has 1 N–H and O–H groups in total. The Morgan fingerprint density at radius 1 is 1.10 bits per heavy atom. The van der Waals surface area contributed by atoms with E-state index in [-0.39, 0.29) is 18.2 Å². The van der Waals surface area contributed by atoms with Crippen LogP contribution in [0.15, 0.2) is 36.5 Å². The fourth-order valence-electron chi connectivity index (χ4n) is 6.28. The Balaban J connectivity index is 1.32. The number of amides is 2. The molecule has 39 heavy (non-hydrogen) atoms. The average molecular weight is 536 g/mol. The largest absolute Gasteiger partial charge is 0.465 e. The fraction of sp³-hybridized carbons (Fsp3) is 0.567. The lowest BCUT2D eigenvalue weighted by molar-refractivity contribution is 0.0240. The number of aryl methyl sites for hydroxylation is 1. The summed E-state index contributed by atoms with van der Waals surface area (Å²) in [6.45, 7) is 9.31. The average Bonchev–Trinajstić information content (AvgIpc) is 2.91. The van der Waals surface area contributed by atoms with E-state index in [1.165, 1.54) is 11.1 Å². The molecule has 3 heterocycles. The molecule has 2 aromatic rings. The van der Waals surface area contributed by atoms with Gasteiger partial charge >= 0.3 is 12.2 Å². The first kappa shape index (κ1) is 27.2. The lowest BCUT2D eigenvalue weighted by Gasteiger charge is -2.42. The van der Waals surface area contributed by atoms with Gasteiger partial charge in [0.05, 0.1) is 17.8 Å². The molecule has 0 saturated carbocycles. The number of anilines is 1.